The van der Waals surface area contributed by atoms with Gasteiger partial charge in [0.15, 0.2) is 9.84 Å². The Kier molecular flexibility index (Phi) is 5.43. The van der Waals surface area contributed by atoms with Crippen molar-refractivity contribution in [2.75, 3.05) is 11.4 Å². The zero-order chi connectivity index (χ0) is 21.3. The predicted octanol–water partition coefficient (Wildman–Crippen LogP) is 4.70. The van der Waals surface area contributed by atoms with E-state index in [2.05, 4.69) is 0 Å². The number of carbonyl (C=O) groups is 1. The molecule has 0 bridgehead atoms. The van der Waals surface area contributed by atoms with Crippen LogP contribution in [0.1, 0.15) is 33.5 Å². The van der Waals surface area contributed by atoms with Crippen LogP contribution in [0.2, 0.25) is 0 Å². The van der Waals surface area contributed by atoms with E-state index in [1.165, 1.54) is 12.1 Å². The van der Waals surface area contributed by atoms with Crippen LogP contribution in [0.3, 0.4) is 0 Å². The third-order valence-corrected chi connectivity index (χ3v) is 7.02. The van der Waals surface area contributed by atoms with Crippen LogP contribution in [-0.2, 0) is 22.0 Å². The van der Waals surface area contributed by atoms with Gasteiger partial charge in [-0.1, -0.05) is 30.3 Å². The number of hydrogen-bond donors (Lipinski definition) is 0. The third kappa shape index (κ3) is 4.00. The maximum atomic E-state index is 13.8. The van der Waals surface area contributed by atoms with Crippen molar-refractivity contribution in [1.82, 2.24) is 0 Å². The zero-order valence-electron chi connectivity index (χ0n) is 16.6. The second-order valence-electron chi connectivity index (χ2n) is 7.56. The van der Waals surface area contributed by atoms with Crippen LogP contribution in [-0.4, -0.2) is 20.9 Å². The first-order valence-electron chi connectivity index (χ1n) is 9.83. The van der Waals surface area contributed by atoms with Gasteiger partial charge in [0, 0.05) is 12.1 Å². The molecule has 1 aliphatic rings. The van der Waals surface area contributed by atoms with Crippen LogP contribution in [0.4, 0.5) is 10.1 Å². The summed E-state index contributed by atoms with van der Waals surface area (Å²) in [5.74, 6) is -0.683. The highest BCUT2D eigenvalue weighted by Gasteiger charge is 2.26. The summed E-state index contributed by atoms with van der Waals surface area (Å²) in [5, 5.41) is 0. The molecule has 0 atom stereocenters. The molecule has 0 aliphatic carbocycles. The number of rotatable bonds is 4. The van der Waals surface area contributed by atoms with E-state index >= 15 is 0 Å². The number of nitrogens with zero attached hydrogens (tertiary/aromatic N) is 1. The maximum Gasteiger partial charge on any atom is 0.258 e. The molecule has 30 heavy (non-hydrogen) atoms. The first kappa shape index (κ1) is 20.3. The molecule has 0 spiro atoms. The quantitative estimate of drug-likeness (QED) is 0.611. The third-order valence-electron chi connectivity index (χ3n) is 5.32. The number of hydrogen-bond acceptors (Lipinski definition) is 3. The molecule has 0 aromatic heterocycles. The molecule has 3 aromatic carbocycles. The molecular weight excluding hydrogens is 401 g/mol. The van der Waals surface area contributed by atoms with Crippen LogP contribution in [0.25, 0.3) is 0 Å². The second-order valence-corrected chi connectivity index (χ2v) is 9.55. The topological polar surface area (TPSA) is 54.5 Å². The lowest BCUT2D eigenvalue weighted by molar-refractivity contribution is 0.0984. The van der Waals surface area contributed by atoms with E-state index in [0.717, 1.165) is 29.7 Å². The Balaban J connectivity index is 1.64. The van der Waals surface area contributed by atoms with E-state index in [0.29, 0.717) is 17.7 Å². The van der Waals surface area contributed by atoms with Crippen LogP contribution in [0, 0.1) is 12.7 Å². The molecule has 3 aromatic rings. The number of fused-ring (bicyclic) bond motifs is 1. The molecule has 4 nitrogen and oxygen atoms in total. The lowest BCUT2D eigenvalue weighted by Crippen LogP contribution is -2.36. The van der Waals surface area contributed by atoms with Crippen LogP contribution >= 0.6 is 0 Å². The summed E-state index contributed by atoms with van der Waals surface area (Å²) < 4.78 is 39.2. The summed E-state index contributed by atoms with van der Waals surface area (Å²) in [5.41, 5.74) is 3.29. The molecule has 0 saturated heterocycles. The van der Waals surface area contributed by atoms with Crippen molar-refractivity contribution in [3.63, 3.8) is 0 Å². The van der Waals surface area contributed by atoms with E-state index in [4.69, 9.17) is 0 Å². The fourth-order valence-electron chi connectivity index (χ4n) is 4.00. The first-order chi connectivity index (χ1) is 14.3. The summed E-state index contributed by atoms with van der Waals surface area (Å²) in [4.78, 5) is 15.2. The molecule has 0 radical (unpaired) electrons. The highest BCUT2D eigenvalue weighted by atomic mass is 32.2. The molecule has 4 rings (SSSR count). The fourth-order valence-corrected chi connectivity index (χ4v) is 5.36. The van der Waals surface area contributed by atoms with Crippen LogP contribution in [0.15, 0.2) is 71.6 Å². The average Bonchev–Trinajstić information content (AvgIpc) is 2.73. The number of amides is 1. The van der Waals surface area contributed by atoms with Crippen molar-refractivity contribution in [2.45, 2.75) is 30.4 Å². The molecule has 154 valence electrons. The Morgan fingerprint density at radius 2 is 1.80 bits per heavy atom. The maximum absolute atomic E-state index is 13.8. The van der Waals surface area contributed by atoms with Crippen molar-refractivity contribution in [3.05, 3.63) is 94.8 Å². The van der Waals surface area contributed by atoms with Gasteiger partial charge in [-0.3, -0.25) is 4.79 Å². The Bertz CT molecular complexity index is 1210. The van der Waals surface area contributed by atoms with Crippen molar-refractivity contribution < 1.29 is 17.6 Å². The van der Waals surface area contributed by atoms with E-state index in [9.17, 15) is 17.6 Å². The van der Waals surface area contributed by atoms with Gasteiger partial charge in [0.05, 0.1) is 16.3 Å². The van der Waals surface area contributed by atoms with Gasteiger partial charge in [-0.05, 0) is 72.9 Å². The van der Waals surface area contributed by atoms with Gasteiger partial charge in [0.2, 0.25) is 0 Å². The molecule has 0 saturated carbocycles. The van der Waals surface area contributed by atoms with Crippen LogP contribution in [0.5, 0.6) is 0 Å². The highest BCUT2D eigenvalue weighted by molar-refractivity contribution is 7.90. The lowest BCUT2D eigenvalue weighted by Gasteiger charge is -2.31. The Labute approximate surface area is 175 Å². The van der Waals surface area contributed by atoms with Crippen molar-refractivity contribution in [2.24, 2.45) is 0 Å². The zero-order valence-corrected chi connectivity index (χ0v) is 17.5. The smallest absolute Gasteiger partial charge is 0.258 e. The highest BCUT2D eigenvalue weighted by Crippen LogP contribution is 2.33. The largest absolute Gasteiger partial charge is 0.308 e. The fraction of sp³-hybridized carbons (Fsp3) is 0.208. The van der Waals surface area contributed by atoms with Gasteiger partial charge >= 0.3 is 0 Å². The molecule has 1 amide bonds. The first-order valence-corrected chi connectivity index (χ1v) is 11.5. The summed E-state index contributed by atoms with van der Waals surface area (Å²) in [6.45, 7) is 2.35. The monoisotopic (exact) mass is 423 g/mol. The number of aryl methyl sites for hydroxylation is 2. The average molecular weight is 424 g/mol. The minimum absolute atomic E-state index is 0.182. The van der Waals surface area contributed by atoms with Crippen LogP contribution < -0.4 is 4.90 Å². The Hall–Kier alpha value is -2.99. The predicted molar refractivity (Wildman–Crippen MR) is 115 cm³/mol. The number of halogens is 1. The molecular formula is C24H22FNO3S. The standard InChI is InChI=1S/C24H22FNO3S/c1-17-13-21(25)15-19-9-6-12-26(23(17)19)24(27)20-8-5-7-18(14-20)16-30(28,29)22-10-3-2-4-11-22/h2-5,7-8,10-11,13-15H,6,9,12,16H2,1H3. The van der Waals surface area contributed by atoms with E-state index in [1.54, 1.807) is 66.4 Å². The van der Waals surface area contributed by atoms with Gasteiger partial charge in [-0.15, -0.1) is 0 Å². The Morgan fingerprint density at radius 3 is 2.57 bits per heavy atom. The summed E-state index contributed by atoms with van der Waals surface area (Å²) in [7, 11) is -3.51. The van der Waals surface area contributed by atoms with Crippen molar-refractivity contribution >= 4 is 21.4 Å². The molecule has 0 unspecified atom stereocenters. The lowest BCUT2D eigenvalue weighted by atomic mass is 9.97. The normalized spacial score (nSPS) is 13.7. The number of carbonyl (C=O) groups excluding carboxylic acids is 1. The molecule has 1 heterocycles. The van der Waals surface area contributed by atoms with Crippen molar-refractivity contribution in [3.8, 4) is 0 Å². The van der Waals surface area contributed by atoms with Gasteiger partial charge in [-0.25, -0.2) is 12.8 Å². The van der Waals surface area contributed by atoms with E-state index < -0.39 is 9.84 Å². The second kappa shape index (κ2) is 8.03. The van der Waals surface area contributed by atoms with Gasteiger partial charge in [-0.2, -0.15) is 0 Å². The molecule has 6 heteroatoms. The van der Waals surface area contributed by atoms with Crippen molar-refractivity contribution in [1.29, 1.82) is 0 Å². The minimum Gasteiger partial charge on any atom is -0.308 e. The SMILES string of the molecule is Cc1cc(F)cc2c1N(C(=O)c1cccc(CS(=O)(=O)c3ccccc3)c1)CCC2. The van der Waals surface area contributed by atoms with E-state index in [-0.39, 0.29) is 22.4 Å². The summed E-state index contributed by atoms with van der Waals surface area (Å²) in [6, 6.07) is 17.9. The summed E-state index contributed by atoms with van der Waals surface area (Å²) in [6.07, 6.45) is 1.48. The number of benzene rings is 3. The minimum atomic E-state index is -3.51. The number of anilines is 1. The van der Waals surface area contributed by atoms with Gasteiger partial charge < -0.3 is 4.90 Å². The van der Waals surface area contributed by atoms with Gasteiger partial charge in [0.25, 0.3) is 5.91 Å². The number of sulfone groups is 1. The molecule has 1 aliphatic heterocycles. The Morgan fingerprint density at radius 1 is 1.03 bits per heavy atom. The summed E-state index contributed by atoms with van der Waals surface area (Å²) >= 11 is 0. The van der Waals surface area contributed by atoms with Gasteiger partial charge in [0.1, 0.15) is 5.82 Å². The van der Waals surface area contributed by atoms with E-state index in [1.807, 2.05) is 0 Å². The molecule has 0 fully saturated rings. The molecule has 0 N–H and O–H groups in total.